The van der Waals surface area contributed by atoms with Gasteiger partial charge in [-0.05, 0) is 48.7 Å². The van der Waals surface area contributed by atoms with Crippen molar-refractivity contribution in [2.24, 2.45) is 5.73 Å². The van der Waals surface area contributed by atoms with E-state index in [2.05, 4.69) is 15.3 Å². The number of aromatic nitrogens is 2. The van der Waals surface area contributed by atoms with Crippen molar-refractivity contribution in [3.05, 3.63) is 16.7 Å². The van der Waals surface area contributed by atoms with Crippen LogP contribution in [0, 0.1) is 0 Å². The van der Waals surface area contributed by atoms with Gasteiger partial charge in [-0.25, -0.2) is 4.98 Å². The first-order valence-electron chi connectivity index (χ1n) is 6.15. The summed E-state index contributed by atoms with van der Waals surface area (Å²) in [5, 5.41) is 5.80. The summed E-state index contributed by atoms with van der Waals surface area (Å²) in [6.45, 7) is 0. The molecule has 18 heavy (non-hydrogen) atoms. The van der Waals surface area contributed by atoms with Crippen molar-refractivity contribution in [3.8, 4) is 0 Å². The van der Waals surface area contributed by atoms with Gasteiger partial charge in [0.05, 0.1) is 10.2 Å². The third kappa shape index (κ3) is 2.43. The molecule has 2 aromatic rings. The van der Waals surface area contributed by atoms with Crippen molar-refractivity contribution < 1.29 is 0 Å². The summed E-state index contributed by atoms with van der Waals surface area (Å²) in [4.78, 5) is 8.52. The monoisotopic (exact) mass is 282 g/mol. The minimum absolute atomic E-state index is 0.302. The molecule has 0 aliphatic heterocycles. The van der Waals surface area contributed by atoms with Crippen LogP contribution in [0.5, 0.6) is 0 Å². The molecule has 0 aromatic carbocycles. The second-order valence-corrected chi connectivity index (χ2v) is 5.99. The first-order valence-corrected chi connectivity index (χ1v) is 7.41. The zero-order valence-corrected chi connectivity index (χ0v) is 11.5. The second-order valence-electron chi connectivity index (χ2n) is 4.73. The molecule has 2 aromatic heterocycles. The van der Waals surface area contributed by atoms with Crippen LogP contribution < -0.4 is 11.1 Å². The fourth-order valence-electron chi connectivity index (χ4n) is 2.39. The minimum Gasteiger partial charge on any atom is -0.366 e. The lowest BCUT2D eigenvalue weighted by Crippen LogP contribution is -2.33. The summed E-state index contributed by atoms with van der Waals surface area (Å²) < 4.78 is 1.08. The van der Waals surface area contributed by atoms with E-state index in [1.807, 2.05) is 11.4 Å². The summed E-state index contributed by atoms with van der Waals surface area (Å²) in [6.07, 6.45) is 4.33. The Balaban J connectivity index is 1.83. The predicted molar refractivity (Wildman–Crippen MR) is 76.3 cm³/mol. The number of halogens is 1. The molecular formula is C12H15ClN4S. The molecule has 96 valence electrons. The van der Waals surface area contributed by atoms with E-state index in [9.17, 15) is 0 Å². The van der Waals surface area contributed by atoms with Crippen molar-refractivity contribution in [2.45, 2.75) is 37.8 Å². The zero-order valence-electron chi connectivity index (χ0n) is 9.90. The zero-order chi connectivity index (χ0) is 12.5. The van der Waals surface area contributed by atoms with Gasteiger partial charge >= 0.3 is 0 Å². The average molecular weight is 283 g/mol. The van der Waals surface area contributed by atoms with E-state index in [1.165, 1.54) is 0 Å². The molecule has 4 nitrogen and oxygen atoms in total. The standard InChI is InChI=1S/C12H15ClN4S/c13-12-16-9-5-6-18-10(9)11(17-12)15-8-3-1-7(14)2-4-8/h5-8H,1-4,14H2,(H,15,16,17)/t7-,8+. The molecule has 6 heteroatoms. The van der Waals surface area contributed by atoms with Crippen LogP contribution in [0.4, 0.5) is 5.82 Å². The molecule has 2 heterocycles. The van der Waals surface area contributed by atoms with E-state index in [0.29, 0.717) is 17.4 Å². The predicted octanol–water partition coefficient (Wildman–Crippen LogP) is 3.03. The maximum atomic E-state index is 5.94. The Morgan fingerprint density at radius 1 is 1.28 bits per heavy atom. The highest BCUT2D eigenvalue weighted by molar-refractivity contribution is 7.17. The Morgan fingerprint density at radius 2 is 2.06 bits per heavy atom. The number of hydrogen-bond donors (Lipinski definition) is 2. The molecule has 0 radical (unpaired) electrons. The van der Waals surface area contributed by atoms with E-state index < -0.39 is 0 Å². The Morgan fingerprint density at radius 3 is 2.83 bits per heavy atom. The molecule has 0 saturated heterocycles. The number of hydrogen-bond acceptors (Lipinski definition) is 5. The molecule has 3 N–H and O–H groups in total. The molecule has 3 rings (SSSR count). The topological polar surface area (TPSA) is 63.8 Å². The number of thiophene rings is 1. The van der Waals surface area contributed by atoms with Gasteiger partial charge in [0.15, 0.2) is 0 Å². The van der Waals surface area contributed by atoms with Crippen LogP contribution in [-0.4, -0.2) is 22.1 Å². The molecule has 1 saturated carbocycles. The molecule has 1 aliphatic carbocycles. The highest BCUT2D eigenvalue weighted by atomic mass is 35.5. The smallest absolute Gasteiger partial charge is 0.224 e. The van der Waals surface area contributed by atoms with E-state index in [4.69, 9.17) is 17.3 Å². The third-order valence-corrected chi connectivity index (χ3v) is 4.47. The first-order chi connectivity index (χ1) is 8.72. The number of nitrogens with two attached hydrogens (primary N) is 1. The van der Waals surface area contributed by atoms with Crippen LogP contribution in [0.3, 0.4) is 0 Å². The second kappa shape index (κ2) is 4.99. The van der Waals surface area contributed by atoms with E-state index in [1.54, 1.807) is 11.3 Å². The molecule has 0 bridgehead atoms. The highest BCUT2D eigenvalue weighted by Crippen LogP contribution is 2.29. The van der Waals surface area contributed by atoms with Gasteiger partial charge in [0.2, 0.25) is 5.28 Å². The number of rotatable bonds is 2. The highest BCUT2D eigenvalue weighted by Gasteiger charge is 2.20. The van der Waals surface area contributed by atoms with Crippen molar-refractivity contribution in [3.63, 3.8) is 0 Å². The van der Waals surface area contributed by atoms with Crippen molar-refractivity contribution in [2.75, 3.05) is 5.32 Å². The van der Waals surface area contributed by atoms with Gasteiger partial charge in [-0.3, -0.25) is 0 Å². The number of nitrogens with one attached hydrogen (secondary N) is 1. The van der Waals surface area contributed by atoms with Crippen molar-refractivity contribution in [1.29, 1.82) is 0 Å². The summed E-state index contributed by atoms with van der Waals surface area (Å²) in [5.74, 6) is 0.862. The van der Waals surface area contributed by atoms with E-state index in [0.717, 1.165) is 41.7 Å². The Bertz CT molecular complexity index is 548. The lowest BCUT2D eigenvalue weighted by atomic mass is 9.92. The van der Waals surface area contributed by atoms with Gasteiger partial charge < -0.3 is 11.1 Å². The maximum absolute atomic E-state index is 5.94. The Labute approximate surface area is 115 Å². The number of fused-ring (bicyclic) bond motifs is 1. The van der Waals surface area contributed by atoms with E-state index in [-0.39, 0.29) is 0 Å². The maximum Gasteiger partial charge on any atom is 0.224 e. The van der Waals surface area contributed by atoms with Crippen LogP contribution in [0.25, 0.3) is 10.2 Å². The largest absolute Gasteiger partial charge is 0.366 e. The van der Waals surface area contributed by atoms with Gasteiger partial charge in [-0.2, -0.15) is 4.98 Å². The van der Waals surface area contributed by atoms with Crippen LogP contribution in [0.15, 0.2) is 11.4 Å². The van der Waals surface area contributed by atoms with Crippen LogP contribution in [0.1, 0.15) is 25.7 Å². The van der Waals surface area contributed by atoms with Gasteiger partial charge in [-0.1, -0.05) is 0 Å². The van der Waals surface area contributed by atoms with Crippen LogP contribution in [-0.2, 0) is 0 Å². The van der Waals surface area contributed by atoms with Gasteiger partial charge in [-0.15, -0.1) is 11.3 Å². The molecular weight excluding hydrogens is 268 g/mol. The molecule has 0 amide bonds. The summed E-state index contributed by atoms with van der Waals surface area (Å²) >= 11 is 7.58. The summed E-state index contributed by atoms with van der Waals surface area (Å²) in [6, 6.07) is 2.77. The quantitative estimate of drug-likeness (QED) is 0.831. The van der Waals surface area contributed by atoms with Crippen LogP contribution in [0.2, 0.25) is 5.28 Å². The normalized spacial score (nSPS) is 24.3. The Kier molecular flexibility index (Phi) is 3.37. The van der Waals surface area contributed by atoms with Crippen molar-refractivity contribution >= 4 is 39.0 Å². The fourth-order valence-corrected chi connectivity index (χ4v) is 3.35. The minimum atomic E-state index is 0.302. The lowest BCUT2D eigenvalue weighted by Gasteiger charge is -2.27. The molecule has 0 unspecified atom stereocenters. The van der Waals surface area contributed by atoms with E-state index >= 15 is 0 Å². The SMILES string of the molecule is N[C@H]1CC[C@@H](Nc2nc(Cl)nc3ccsc23)CC1. The number of nitrogens with zero attached hydrogens (tertiary/aromatic N) is 2. The summed E-state index contributed by atoms with van der Waals surface area (Å²) in [7, 11) is 0. The first kappa shape index (κ1) is 12.1. The molecule has 1 fully saturated rings. The average Bonchev–Trinajstić information content (AvgIpc) is 2.80. The molecule has 0 atom stereocenters. The molecule has 0 spiro atoms. The molecule has 1 aliphatic rings. The van der Waals surface area contributed by atoms with Crippen LogP contribution >= 0.6 is 22.9 Å². The Hall–Kier alpha value is -0.910. The lowest BCUT2D eigenvalue weighted by molar-refractivity contribution is 0.410. The third-order valence-electron chi connectivity index (χ3n) is 3.39. The van der Waals surface area contributed by atoms with Gasteiger partial charge in [0, 0.05) is 12.1 Å². The fraction of sp³-hybridized carbons (Fsp3) is 0.500. The number of anilines is 1. The van der Waals surface area contributed by atoms with Gasteiger partial charge in [0.1, 0.15) is 5.82 Å². The summed E-state index contributed by atoms with van der Waals surface area (Å²) in [5.41, 5.74) is 6.83. The van der Waals surface area contributed by atoms with Crippen molar-refractivity contribution in [1.82, 2.24) is 9.97 Å². The van der Waals surface area contributed by atoms with Gasteiger partial charge in [0.25, 0.3) is 0 Å².